The quantitative estimate of drug-likeness (QED) is 0.488. The molecule has 8 atom stereocenters. The van der Waals surface area contributed by atoms with E-state index in [2.05, 4.69) is 13.8 Å². The molecule has 3 aliphatic carbocycles. The minimum Gasteiger partial charge on any atom is -0.445 e. The van der Waals surface area contributed by atoms with Crippen LogP contribution >= 0.6 is 0 Å². The molecule has 0 aromatic heterocycles. The number of aliphatic hydroxyl groups is 4. The van der Waals surface area contributed by atoms with Crippen molar-refractivity contribution >= 4 is 11.8 Å². The lowest BCUT2D eigenvalue weighted by Gasteiger charge is -2.52. The highest BCUT2D eigenvalue weighted by atomic mass is 16.6. The topological polar surface area (TPSA) is 110 Å². The first-order valence-electron chi connectivity index (χ1n) is 13.0. The molecule has 2 bridgehead atoms. The van der Waals surface area contributed by atoms with Crippen LogP contribution in [0.25, 0.3) is 0 Å². The van der Waals surface area contributed by atoms with Crippen LogP contribution in [-0.2, 0) is 11.2 Å². The van der Waals surface area contributed by atoms with Gasteiger partial charge in [0.1, 0.15) is 18.3 Å². The van der Waals surface area contributed by atoms with Crippen LogP contribution in [-0.4, -0.2) is 63.6 Å². The van der Waals surface area contributed by atoms with Crippen molar-refractivity contribution in [2.75, 3.05) is 18.1 Å². The minimum atomic E-state index is -1.98. The van der Waals surface area contributed by atoms with Crippen molar-refractivity contribution in [3.63, 3.8) is 0 Å². The van der Waals surface area contributed by atoms with E-state index in [1.54, 1.807) is 18.7 Å². The standard InChI is InChI=1S/C28H39NO6/c1-5-21(30)28(34)23(31)17(15-35-25(33)29-13-11-16-8-6-7-9-20(16)29)14-18-22-19(26(22,2)3)10-12-27(28,4)24(18)32/h6-9,14,18-19,21-24,30-32,34H,5,10-13,15H2,1-4H3/t18-,19+,21-,22-,23+,24?,27-,28+/m0/s1. The Hall–Kier alpha value is -1.93. The zero-order valence-corrected chi connectivity index (χ0v) is 21.1. The lowest BCUT2D eigenvalue weighted by atomic mass is 9.60. The van der Waals surface area contributed by atoms with E-state index in [0.717, 1.165) is 24.1 Å². The van der Waals surface area contributed by atoms with Gasteiger partial charge in [-0.3, -0.25) is 4.90 Å². The van der Waals surface area contributed by atoms with Crippen LogP contribution < -0.4 is 4.90 Å². The highest BCUT2D eigenvalue weighted by molar-refractivity contribution is 5.90. The van der Waals surface area contributed by atoms with Gasteiger partial charge in [0.25, 0.3) is 0 Å². The summed E-state index contributed by atoms with van der Waals surface area (Å²) in [6.45, 7) is 8.24. The van der Waals surface area contributed by atoms with Crippen LogP contribution in [0.4, 0.5) is 10.5 Å². The monoisotopic (exact) mass is 485 g/mol. The average molecular weight is 486 g/mol. The number of ether oxygens (including phenoxy) is 1. The number of hydrogen-bond acceptors (Lipinski definition) is 6. The first-order valence-corrected chi connectivity index (χ1v) is 13.0. The third-order valence-corrected chi connectivity index (χ3v) is 10.00. The van der Waals surface area contributed by atoms with Crippen molar-refractivity contribution in [2.45, 2.75) is 77.3 Å². The number of aliphatic hydroxyl groups excluding tert-OH is 3. The van der Waals surface area contributed by atoms with Crippen molar-refractivity contribution in [3.8, 4) is 0 Å². The molecular weight excluding hydrogens is 446 g/mol. The van der Waals surface area contributed by atoms with E-state index in [1.165, 1.54) is 0 Å². The summed E-state index contributed by atoms with van der Waals surface area (Å²) in [4.78, 5) is 14.6. The second-order valence-electron chi connectivity index (χ2n) is 11.9. The zero-order valence-electron chi connectivity index (χ0n) is 21.1. The lowest BCUT2D eigenvalue weighted by molar-refractivity contribution is -0.233. The van der Waals surface area contributed by atoms with Crippen molar-refractivity contribution in [3.05, 3.63) is 41.5 Å². The van der Waals surface area contributed by atoms with Gasteiger partial charge < -0.3 is 25.2 Å². The number of fused-ring (bicyclic) bond motifs is 5. The maximum Gasteiger partial charge on any atom is 0.414 e. The van der Waals surface area contributed by atoms with Gasteiger partial charge in [-0.05, 0) is 60.1 Å². The summed E-state index contributed by atoms with van der Waals surface area (Å²) in [6.07, 6.45) is -0.0632. The van der Waals surface area contributed by atoms with Crippen LogP contribution in [0.15, 0.2) is 35.9 Å². The second-order valence-corrected chi connectivity index (χ2v) is 11.9. The molecule has 1 amide bonds. The molecule has 5 rings (SSSR count). The summed E-state index contributed by atoms with van der Waals surface area (Å²) >= 11 is 0. The molecule has 4 aliphatic rings. The zero-order chi connectivity index (χ0) is 25.3. The smallest absolute Gasteiger partial charge is 0.414 e. The van der Waals surface area contributed by atoms with Gasteiger partial charge in [0.2, 0.25) is 0 Å². The number of hydrogen-bond donors (Lipinski definition) is 4. The van der Waals surface area contributed by atoms with Crippen LogP contribution in [0.3, 0.4) is 0 Å². The first-order chi connectivity index (χ1) is 16.5. The van der Waals surface area contributed by atoms with Gasteiger partial charge in [0.15, 0.2) is 0 Å². The average Bonchev–Trinajstić information content (AvgIpc) is 3.21. The molecule has 7 heteroatoms. The minimum absolute atomic E-state index is 0.0430. The van der Waals surface area contributed by atoms with E-state index in [4.69, 9.17) is 4.74 Å². The Bertz CT molecular complexity index is 1040. The largest absolute Gasteiger partial charge is 0.445 e. The number of carbonyl (C=O) groups is 1. The molecule has 35 heavy (non-hydrogen) atoms. The van der Waals surface area contributed by atoms with Gasteiger partial charge in [-0.1, -0.05) is 52.0 Å². The molecule has 192 valence electrons. The van der Waals surface area contributed by atoms with Crippen LogP contribution in [0.5, 0.6) is 0 Å². The maximum absolute atomic E-state index is 13.0. The predicted octanol–water partition coefficient (Wildman–Crippen LogP) is 3.04. The van der Waals surface area contributed by atoms with Crippen LogP contribution in [0.1, 0.15) is 52.5 Å². The van der Waals surface area contributed by atoms with Gasteiger partial charge >= 0.3 is 6.09 Å². The first kappa shape index (κ1) is 24.8. The fourth-order valence-electron chi connectivity index (χ4n) is 7.64. The summed E-state index contributed by atoms with van der Waals surface area (Å²) in [5.74, 6) is 0.281. The highest BCUT2D eigenvalue weighted by Crippen LogP contribution is 2.70. The summed E-state index contributed by atoms with van der Waals surface area (Å²) in [5.41, 5.74) is -0.801. The molecule has 1 aromatic carbocycles. The summed E-state index contributed by atoms with van der Waals surface area (Å²) in [6, 6.07) is 7.71. The molecule has 1 aliphatic heterocycles. The van der Waals surface area contributed by atoms with E-state index in [1.807, 2.05) is 30.3 Å². The lowest BCUT2D eigenvalue weighted by Crippen LogP contribution is -2.66. The van der Waals surface area contributed by atoms with Crippen molar-refractivity contribution in [1.29, 1.82) is 0 Å². The number of amides is 1. The molecule has 0 radical (unpaired) electrons. The number of anilines is 1. The molecule has 1 unspecified atom stereocenters. The number of nitrogens with zero attached hydrogens (tertiary/aromatic N) is 1. The molecule has 2 saturated carbocycles. The van der Waals surface area contributed by atoms with E-state index in [-0.39, 0.29) is 30.3 Å². The van der Waals surface area contributed by atoms with Crippen molar-refractivity contribution < 1.29 is 30.0 Å². The summed E-state index contributed by atoms with van der Waals surface area (Å²) < 4.78 is 5.69. The fourth-order valence-corrected chi connectivity index (χ4v) is 7.64. The maximum atomic E-state index is 13.0. The normalized spacial score (nSPS) is 40.1. The number of carbonyl (C=O) groups excluding carboxylic acids is 1. The third kappa shape index (κ3) is 3.42. The molecule has 4 N–H and O–H groups in total. The van der Waals surface area contributed by atoms with Crippen molar-refractivity contribution in [2.24, 2.45) is 28.6 Å². The van der Waals surface area contributed by atoms with Crippen LogP contribution in [0.2, 0.25) is 0 Å². The van der Waals surface area contributed by atoms with E-state index >= 15 is 0 Å². The number of para-hydroxylation sites is 1. The third-order valence-electron chi connectivity index (χ3n) is 10.00. The fraction of sp³-hybridized carbons (Fsp3) is 0.679. The SMILES string of the molecule is CC[C@H](O)[C@@]1(O)[C@H](O)C(COC(=O)N2CCc3ccccc32)=C[C@@H]2C(O)[C@]1(C)CC[C@@H]1[C@H]2C1(C)C. The van der Waals surface area contributed by atoms with Crippen molar-refractivity contribution in [1.82, 2.24) is 0 Å². The molecule has 1 aromatic rings. The Morgan fingerprint density at radius 2 is 1.94 bits per heavy atom. The van der Waals surface area contributed by atoms with E-state index in [0.29, 0.717) is 24.5 Å². The van der Waals surface area contributed by atoms with Crippen LogP contribution in [0, 0.1) is 28.6 Å². The number of rotatable bonds is 4. The van der Waals surface area contributed by atoms with E-state index < -0.39 is 35.4 Å². The predicted molar refractivity (Wildman–Crippen MR) is 132 cm³/mol. The molecule has 2 fully saturated rings. The van der Waals surface area contributed by atoms with E-state index in [9.17, 15) is 25.2 Å². The molecule has 1 heterocycles. The molecule has 0 saturated heterocycles. The van der Waals surface area contributed by atoms with Gasteiger partial charge in [-0.2, -0.15) is 0 Å². The van der Waals surface area contributed by atoms with Gasteiger partial charge in [-0.15, -0.1) is 0 Å². The Labute approximate surface area is 207 Å². The Morgan fingerprint density at radius 1 is 1.23 bits per heavy atom. The highest BCUT2D eigenvalue weighted by Gasteiger charge is 2.70. The van der Waals surface area contributed by atoms with Gasteiger partial charge in [0, 0.05) is 17.9 Å². The Balaban J connectivity index is 1.47. The molecule has 7 nitrogen and oxygen atoms in total. The second kappa shape index (κ2) is 8.30. The van der Waals surface area contributed by atoms with Gasteiger partial charge in [-0.25, -0.2) is 4.79 Å². The Morgan fingerprint density at radius 3 is 2.66 bits per heavy atom. The molecule has 0 spiro atoms. The summed E-state index contributed by atoms with van der Waals surface area (Å²) in [7, 11) is 0. The Kier molecular flexibility index (Phi) is 5.87. The molecular formula is C28H39NO6. The van der Waals surface area contributed by atoms with Gasteiger partial charge in [0.05, 0.1) is 17.9 Å². The summed E-state index contributed by atoms with van der Waals surface area (Å²) in [5, 5.41) is 46.3. The number of benzene rings is 1.